The summed E-state index contributed by atoms with van der Waals surface area (Å²) in [7, 11) is 0. The van der Waals surface area contributed by atoms with Crippen LogP contribution in [0.5, 0.6) is 0 Å². The van der Waals surface area contributed by atoms with Crippen LogP contribution in [0, 0.1) is 13.8 Å². The Morgan fingerprint density at radius 3 is 2.65 bits per heavy atom. The molecule has 0 saturated heterocycles. The van der Waals surface area contributed by atoms with E-state index in [1.807, 2.05) is 24.4 Å². The van der Waals surface area contributed by atoms with Gasteiger partial charge in [0.2, 0.25) is 0 Å². The van der Waals surface area contributed by atoms with Gasteiger partial charge in [0.15, 0.2) is 5.96 Å². The highest BCUT2D eigenvalue weighted by Crippen LogP contribution is 2.42. The van der Waals surface area contributed by atoms with E-state index in [2.05, 4.69) is 47.3 Å². The van der Waals surface area contributed by atoms with Crippen molar-refractivity contribution in [2.45, 2.75) is 38.5 Å². The third kappa shape index (κ3) is 3.36. The smallest absolute Gasteiger partial charge is 0.193 e. The number of benzene rings is 1. The number of nitrogens with zero attached hydrogens (tertiary/aromatic N) is 2. The Kier molecular flexibility index (Phi) is 4.33. The predicted octanol–water partition coefficient (Wildman–Crippen LogP) is 3.55. The minimum Gasteiger partial charge on any atom is -0.370 e. The SMILES string of the molecule is Cc1ccc(NC(N)=NCC2(c3ccccn3)CCC2)cc1C. The van der Waals surface area contributed by atoms with Gasteiger partial charge >= 0.3 is 0 Å². The average Bonchev–Trinajstić information content (AvgIpc) is 2.51. The average molecular weight is 308 g/mol. The van der Waals surface area contributed by atoms with Crippen molar-refractivity contribution in [2.75, 3.05) is 11.9 Å². The van der Waals surface area contributed by atoms with Crippen LogP contribution in [0.2, 0.25) is 0 Å². The number of nitrogens with two attached hydrogens (primary N) is 1. The molecule has 3 N–H and O–H groups in total. The number of nitrogens with one attached hydrogen (secondary N) is 1. The van der Waals surface area contributed by atoms with Gasteiger partial charge in [0, 0.05) is 23.0 Å². The highest BCUT2D eigenvalue weighted by atomic mass is 15.1. The Balaban J connectivity index is 1.70. The van der Waals surface area contributed by atoms with E-state index in [1.165, 1.54) is 17.5 Å². The van der Waals surface area contributed by atoms with E-state index in [0.29, 0.717) is 12.5 Å². The topological polar surface area (TPSA) is 63.3 Å². The van der Waals surface area contributed by atoms with Gasteiger partial charge in [-0.15, -0.1) is 0 Å². The van der Waals surface area contributed by atoms with E-state index < -0.39 is 0 Å². The number of hydrogen-bond donors (Lipinski definition) is 2. The fraction of sp³-hybridized carbons (Fsp3) is 0.368. The number of rotatable bonds is 4. The molecule has 1 aliphatic rings. The van der Waals surface area contributed by atoms with Gasteiger partial charge in [-0.3, -0.25) is 9.98 Å². The highest BCUT2D eigenvalue weighted by Gasteiger charge is 2.39. The summed E-state index contributed by atoms with van der Waals surface area (Å²) in [5, 5.41) is 3.19. The first-order valence-corrected chi connectivity index (χ1v) is 8.15. The zero-order chi connectivity index (χ0) is 16.3. The molecule has 0 spiro atoms. The summed E-state index contributed by atoms with van der Waals surface area (Å²) in [6.07, 6.45) is 5.35. The molecule has 1 aromatic carbocycles. The van der Waals surface area contributed by atoms with Gasteiger partial charge in [-0.25, -0.2) is 0 Å². The molecule has 0 unspecified atom stereocenters. The summed E-state index contributed by atoms with van der Waals surface area (Å²) in [5.41, 5.74) is 10.8. The molecule has 1 aromatic heterocycles. The molecule has 0 amide bonds. The van der Waals surface area contributed by atoms with Crippen LogP contribution >= 0.6 is 0 Å². The quantitative estimate of drug-likeness (QED) is 0.670. The lowest BCUT2D eigenvalue weighted by Crippen LogP contribution is -2.39. The van der Waals surface area contributed by atoms with Crippen LogP contribution in [0.4, 0.5) is 5.69 Å². The van der Waals surface area contributed by atoms with Crippen LogP contribution in [-0.2, 0) is 5.41 Å². The van der Waals surface area contributed by atoms with Gasteiger partial charge < -0.3 is 11.1 Å². The number of aryl methyl sites for hydroxylation is 2. The highest BCUT2D eigenvalue weighted by molar-refractivity contribution is 5.92. The van der Waals surface area contributed by atoms with Gasteiger partial charge in [0.05, 0.1) is 6.54 Å². The minimum absolute atomic E-state index is 0.0662. The monoisotopic (exact) mass is 308 g/mol. The third-order valence-corrected chi connectivity index (χ3v) is 4.85. The van der Waals surface area contributed by atoms with E-state index >= 15 is 0 Å². The van der Waals surface area contributed by atoms with Crippen LogP contribution in [0.1, 0.15) is 36.1 Å². The Morgan fingerprint density at radius 1 is 1.22 bits per heavy atom. The van der Waals surface area contributed by atoms with Gasteiger partial charge in [-0.05, 0) is 62.1 Å². The van der Waals surface area contributed by atoms with Crippen molar-refractivity contribution in [3.63, 3.8) is 0 Å². The zero-order valence-electron chi connectivity index (χ0n) is 13.8. The molecule has 4 heteroatoms. The van der Waals surface area contributed by atoms with Crippen molar-refractivity contribution in [3.05, 3.63) is 59.4 Å². The molecule has 4 nitrogen and oxygen atoms in total. The molecule has 1 fully saturated rings. The Hall–Kier alpha value is -2.36. The van der Waals surface area contributed by atoms with Crippen LogP contribution < -0.4 is 11.1 Å². The lowest BCUT2D eigenvalue weighted by atomic mass is 9.66. The lowest BCUT2D eigenvalue weighted by molar-refractivity contribution is 0.246. The molecular weight excluding hydrogens is 284 g/mol. The Morgan fingerprint density at radius 2 is 2.04 bits per heavy atom. The first-order chi connectivity index (χ1) is 11.1. The minimum atomic E-state index is 0.0662. The summed E-state index contributed by atoms with van der Waals surface area (Å²) in [5.74, 6) is 0.468. The number of anilines is 1. The summed E-state index contributed by atoms with van der Waals surface area (Å²) in [4.78, 5) is 9.11. The molecule has 0 bridgehead atoms. The second-order valence-electron chi connectivity index (χ2n) is 6.47. The van der Waals surface area contributed by atoms with Crippen molar-refractivity contribution in [1.82, 2.24) is 4.98 Å². The molecule has 120 valence electrons. The number of aliphatic imine (C=N–C) groups is 1. The molecule has 23 heavy (non-hydrogen) atoms. The molecule has 0 radical (unpaired) electrons. The van der Waals surface area contributed by atoms with E-state index in [-0.39, 0.29) is 5.41 Å². The zero-order valence-corrected chi connectivity index (χ0v) is 13.8. The van der Waals surface area contributed by atoms with Crippen LogP contribution in [-0.4, -0.2) is 17.5 Å². The molecule has 2 aromatic rings. The maximum absolute atomic E-state index is 6.08. The van der Waals surface area contributed by atoms with Gasteiger partial charge in [0.1, 0.15) is 0 Å². The van der Waals surface area contributed by atoms with Crippen LogP contribution in [0.15, 0.2) is 47.6 Å². The summed E-state index contributed by atoms with van der Waals surface area (Å²) < 4.78 is 0. The predicted molar refractivity (Wildman–Crippen MR) is 95.8 cm³/mol. The van der Waals surface area contributed by atoms with E-state index in [1.54, 1.807) is 0 Å². The molecule has 0 atom stereocenters. The fourth-order valence-electron chi connectivity index (χ4n) is 3.02. The third-order valence-electron chi connectivity index (χ3n) is 4.85. The fourth-order valence-corrected chi connectivity index (χ4v) is 3.02. The number of guanidine groups is 1. The molecule has 1 saturated carbocycles. The van der Waals surface area contributed by atoms with Crippen LogP contribution in [0.3, 0.4) is 0 Å². The maximum atomic E-state index is 6.08. The normalized spacial score (nSPS) is 16.7. The molecule has 1 aliphatic carbocycles. The standard InChI is InChI=1S/C19H24N4/c1-14-7-8-16(12-15(14)2)23-18(20)22-13-19(9-5-10-19)17-6-3-4-11-21-17/h3-4,6-8,11-12H,5,9-10,13H2,1-2H3,(H3,20,22,23). The van der Waals surface area contributed by atoms with Crippen molar-refractivity contribution in [1.29, 1.82) is 0 Å². The van der Waals surface area contributed by atoms with Crippen molar-refractivity contribution < 1.29 is 0 Å². The first-order valence-electron chi connectivity index (χ1n) is 8.15. The second-order valence-corrected chi connectivity index (χ2v) is 6.47. The Labute approximate surface area is 137 Å². The Bertz CT molecular complexity index is 703. The van der Waals surface area contributed by atoms with Gasteiger partial charge in [-0.2, -0.15) is 0 Å². The molecule has 1 heterocycles. The van der Waals surface area contributed by atoms with E-state index in [4.69, 9.17) is 5.73 Å². The summed E-state index contributed by atoms with van der Waals surface area (Å²) in [6.45, 7) is 4.88. The summed E-state index contributed by atoms with van der Waals surface area (Å²) >= 11 is 0. The van der Waals surface area contributed by atoms with Gasteiger partial charge in [0.25, 0.3) is 0 Å². The second kappa shape index (κ2) is 6.41. The molecule has 3 rings (SSSR count). The lowest BCUT2D eigenvalue weighted by Gasteiger charge is -2.40. The maximum Gasteiger partial charge on any atom is 0.193 e. The van der Waals surface area contributed by atoms with Crippen molar-refractivity contribution in [2.24, 2.45) is 10.7 Å². The molecule has 0 aliphatic heterocycles. The molecular formula is C19H24N4. The number of pyridine rings is 1. The van der Waals surface area contributed by atoms with Crippen LogP contribution in [0.25, 0.3) is 0 Å². The van der Waals surface area contributed by atoms with Gasteiger partial charge in [-0.1, -0.05) is 18.6 Å². The van der Waals surface area contributed by atoms with Crippen molar-refractivity contribution >= 4 is 11.6 Å². The summed E-state index contributed by atoms with van der Waals surface area (Å²) in [6, 6.07) is 12.3. The van der Waals surface area contributed by atoms with E-state index in [0.717, 1.165) is 24.2 Å². The number of hydrogen-bond acceptors (Lipinski definition) is 2. The number of aromatic nitrogens is 1. The largest absolute Gasteiger partial charge is 0.370 e. The first kappa shape index (κ1) is 15.5. The van der Waals surface area contributed by atoms with E-state index in [9.17, 15) is 0 Å². The van der Waals surface area contributed by atoms with Crippen molar-refractivity contribution in [3.8, 4) is 0 Å².